The highest BCUT2D eigenvalue weighted by Crippen LogP contribution is 1.99. The summed E-state index contributed by atoms with van der Waals surface area (Å²) >= 11 is 0. The van der Waals surface area contributed by atoms with Crippen molar-refractivity contribution in [3.8, 4) is 0 Å². The molecule has 0 saturated carbocycles. The van der Waals surface area contributed by atoms with E-state index in [1.807, 2.05) is 17.8 Å². The number of amides is 1. The van der Waals surface area contributed by atoms with Crippen molar-refractivity contribution in [2.75, 3.05) is 20.8 Å². The van der Waals surface area contributed by atoms with Crippen molar-refractivity contribution in [3.05, 3.63) is 18.2 Å². The maximum atomic E-state index is 11.3. The highest BCUT2D eigenvalue weighted by molar-refractivity contribution is 5.77. The van der Waals surface area contributed by atoms with Crippen LogP contribution in [-0.2, 0) is 23.1 Å². The summed E-state index contributed by atoms with van der Waals surface area (Å²) in [4.78, 5) is 17.1. The highest BCUT2D eigenvalue weighted by Gasteiger charge is 2.10. The lowest BCUT2D eigenvalue weighted by molar-refractivity contribution is -0.134. The Morgan fingerprint density at radius 2 is 2.43 bits per heavy atom. The molecule has 0 radical (unpaired) electrons. The van der Waals surface area contributed by atoms with E-state index in [-0.39, 0.29) is 12.5 Å². The number of likely N-dealkylation sites (N-methyl/N-ethyl adjacent to an activating group) is 1. The first-order valence-electron chi connectivity index (χ1n) is 4.34. The lowest BCUT2D eigenvalue weighted by atomic mass is 10.5. The van der Waals surface area contributed by atoms with Gasteiger partial charge in [-0.05, 0) is 0 Å². The van der Waals surface area contributed by atoms with Crippen LogP contribution in [0.25, 0.3) is 0 Å². The molecule has 0 aliphatic heterocycles. The Kier molecular flexibility index (Phi) is 3.64. The number of hydrogen-bond acceptors (Lipinski definition) is 3. The van der Waals surface area contributed by atoms with Crippen molar-refractivity contribution in [1.29, 1.82) is 0 Å². The summed E-state index contributed by atoms with van der Waals surface area (Å²) in [5, 5.41) is 0. The molecule has 1 rings (SSSR count). The largest absolute Gasteiger partial charge is 0.375 e. The van der Waals surface area contributed by atoms with E-state index in [9.17, 15) is 4.79 Å². The minimum atomic E-state index is -0.0458. The fourth-order valence-corrected chi connectivity index (χ4v) is 1.08. The zero-order valence-electron chi connectivity index (χ0n) is 8.73. The van der Waals surface area contributed by atoms with Gasteiger partial charge in [0.15, 0.2) is 0 Å². The first kappa shape index (κ1) is 10.7. The van der Waals surface area contributed by atoms with Gasteiger partial charge in [0, 0.05) is 33.6 Å². The smallest absolute Gasteiger partial charge is 0.248 e. The quantitative estimate of drug-likeness (QED) is 0.684. The van der Waals surface area contributed by atoms with Gasteiger partial charge in [-0.2, -0.15) is 0 Å². The summed E-state index contributed by atoms with van der Waals surface area (Å²) in [6.45, 7) is 0.618. The SMILES string of the molecule is COCC(=O)N(C)Cc1nccn1C. The summed E-state index contributed by atoms with van der Waals surface area (Å²) in [6.07, 6.45) is 3.56. The Labute approximate surface area is 83.3 Å². The van der Waals surface area contributed by atoms with Crippen molar-refractivity contribution in [1.82, 2.24) is 14.5 Å². The molecule has 0 atom stereocenters. The number of carbonyl (C=O) groups is 1. The van der Waals surface area contributed by atoms with E-state index in [4.69, 9.17) is 4.74 Å². The van der Waals surface area contributed by atoms with Gasteiger partial charge in [-0.1, -0.05) is 0 Å². The number of rotatable bonds is 4. The Morgan fingerprint density at radius 1 is 1.71 bits per heavy atom. The average molecular weight is 197 g/mol. The molecule has 0 bridgehead atoms. The topological polar surface area (TPSA) is 47.4 Å². The van der Waals surface area contributed by atoms with Crippen LogP contribution in [0.3, 0.4) is 0 Å². The fourth-order valence-electron chi connectivity index (χ4n) is 1.08. The Hall–Kier alpha value is -1.36. The van der Waals surface area contributed by atoms with Crippen LogP contribution in [0.2, 0.25) is 0 Å². The maximum Gasteiger partial charge on any atom is 0.248 e. The minimum absolute atomic E-state index is 0.0458. The second-order valence-corrected chi connectivity index (χ2v) is 3.14. The Morgan fingerprint density at radius 3 is 2.93 bits per heavy atom. The molecule has 5 heteroatoms. The van der Waals surface area contributed by atoms with Crippen LogP contribution in [0.4, 0.5) is 0 Å². The minimum Gasteiger partial charge on any atom is -0.375 e. The van der Waals surface area contributed by atoms with E-state index >= 15 is 0 Å². The van der Waals surface area contributed by atoms with E-state index in [1.54, 1.807) is 18.1 Å². The number of aromatic nitrogens is 2. The number of ether oxygens (including phenoxy) is 1. The Bertz CT molecular complexity index is 309. The van der Waals surface area contributed by atoms with E-state index in [1.165, 1.54) is 7.11 Å². The van der Waals surface area contributed by atoms with Gasteiger partial charge in [-0.15, -0.1) is 0 Å². The Balaban J connectivity index is 2.52. The zero-order chi connectivity index (χ0) is 10.6. The van der Waals surface area contributed by atoms with E-state index in [0.717, 1.165) is 5.82 Å². The van der Waals surface area contributed by atoms with Crippen molar-refractivity contribution < 1.29 is 9.53 Å². The van der Waals surface area contributed by atoms with Gasteiger partial charge in [0.1, 0.15) is 12.4 Å². The molecule has 0 saturated heterocycles. The van der Waals surface area contributed by atoms with Crippen LogP contribution in [0, 0.1) is 0 Å². The van der Waals surface area contributed by atoms with E-state index in [0.29, 0.717) is 6.54 Å². The second-order valence-electron chi connectivity index (χ2n) is 3.14. The van der Waals surface area contributed by atoms with Crippen LogP contribution < -0.4 is 0 Å². The third-order valence-corrected chi connectivity index (χ3v) is 1.99. The normalized spacial score (nSPS) is 10.2. The molecular weight excluding hydrogens is 182 g/mol. The first-order chi connectivity index (χ1) is 6.65. The van der Waals surface area contributed by atoms with Gasteiger partial charge in [-0.25, -0.2) is 4.98 Å². The van der Waals surface area contributed by atoms with Gasteiger partial charge >= 0.3 is 0 Å². The van der Waals surface area contributed by atoms with Gasteiger partial charge < -0.3 is 14.2 Å². The van der Waals surface area contributed by atoms with E-state index in [2.05, 4.69) is 4.98 Å². The summed E-state index contributed by atoms with van der Waals surface area (Å²) < 4.78 is 6.64. The number of hydrogen-bond donors (Lipinski definition) is 0. The molecule has 0 spiro atoms. The van der Waals surface area contributed by atoms with Gasteiger partial charge in [0.2, 0.25) is 5.91 Å². The number of imidazole rings is 1. The third-order valence-electron chi connectivity index (χ3n) is 1.99. The van der Waals surface area contributed by atoms with Gasteiger partial charge in [-0.3, -0.25) is 4.79 Å². The molecule has 0 aromatic carbocycles. The molecule has 1 aromatic rings. The van der Waals surface area contributed by atoms with Gasteiger partial charge in [0.25, 0.3) is 0 Å². The number of nitrogens with zero attached hydrogens (tertiary/aromatic N) is 3. The molecule has 1 aromatic heterocycles. The maximum absolute atomic E-state index is 11.3. The van der Waals surface area contributed by atoms with Crippen LogP contribution in [0.15, 0.2) is 12.4 Å². The number of methoxy groups -OCH3 is 1. The van der Waals surface area contributed by atoms with Crippen molar-refractivity contribution in [2.45, 2.75) is 6.54 Å². The third kappa shape index (κ3) is 2.56. The summed E-state index contributed by atoms with van der Waals surface area (Å²) in [5.74, 6) is 0.812. The standard InChI is InChI=1S/C9H15N3O2/c1-11-5-4-10-8(11)6-12(2)9(13)7-14-3/h4-5H,6-7H2,1-3H3. The molecule has 0 N–H and O–H groups in total. The monoisotopic (exact) mass is 197 g/mol. The molecule has 0 fully saturated rings. The molecule has 14 heavy (non-hydrogen) atoms. The predicted octanol–water partition coefficient (Wildman–Crippen LogP) is 0.0249. The first-order valence-corrected chi connectivity index (χ1v) is 4.34. The molecule has 78 valence electrons. The van der Waals surface area contributed by atoms with Gasteiger partial charge in [0.05, 0.1) is 6.54 Å². The molecule has 0 aliphatic carbocycles. The predicted molar refractivity (Wildman–Crippen MR) is 51.6 cm³/mol. The summed E-state index contributed by atoms with van der Waals surface area (Å²) in [7, 11) is 5.14. The zero-order valence-corrected chi connectivity index (χ0v) is 8.73. The molecule has 5 nitrogen and oxygen atoms in total. The van der Waals surface area contributed by atoms with Crippen molar-refractivity contribution in [2.24, 2.45) is 7.05 Å². The molecule has 0 unspecified atom stereocenters. The highest BCUT2D eigenvalue weighted by atomic mass is 16.5. The lowest BCUT2D eigenvalue weighted by Gasteiger charge is -2.15. The summed E-state index contributed by atoms with van der Waals surface area (Å²) in [5.41, 5.74) is 0. The van der Waals surface area contributed by atoms with Crippen LogP contribution in [0.1, 0.15) is 5.82 Å². The summed E-state index contributed by atoms with van der Waals surface area (Å²) in [6, 6.07) is 0. The second kappa shape index (κ2) is 4.76. The van der Waals surface area contributed by atoms with E-state index < -0.39 is 0 Å². The molecule has 1 amide bonds. The molecule has 1 heterocycles. The van der Waals surface area contributed by atoms with Crippen LogP contribution >= 0.6 is 0 Å². The van der Waals surface area contributed by atoms with Crippen LogP contribution in [0.5, 0.6) is 0 Å². The number of aryl methyl sites for hydroxylation is 1. The average Bonchev–Trinajstić information content (AvgIpc) is 2.52. The fraction of sp³-hybridized carbons (Fsp3) is 0.556. The lowest BCUT2D eigenvalue weighted by Crippen LogP contribution is -2.30. The van der Waals surface area contributed by atoms with Crippen LogP contribution in [-0.4, -0.2) is 41.1 Å². The molecular formula is C9H15N3O2. The molecule has 0 aliphatic rings. The van der Waals surface area contributed by atoms with Crippen molar-refractivity contribution >= 4 is 5.91 Å². The number of carbonyl (C=O) groups excluding carboxylic acids is 1. The van der Waals surface area contributed by atoms with Crippen molar-refractivity contribution in [3.63, 3.8) is 0 Å².